The van der Waals surface area contributed by atoms with Crippen LogP contribution in [0.25, 0.3) is 0 Å². The first kappa shape index (κ1) is 12.4. The monoisotopic (exact) mass is 223 g/mol. The van der Waals surface area contributed by atoms with Crippen LogP contribution in [0.3, 0.4) is 0 Å². The molecule has 0 aliphatic rings. The van der Waals surface area contributed by atoms with Gasteiger partial charge in [-0.3, -0.25) is 4.79 Å². The Morgan fingerprint density at radius 1 is 1.31 bits per heavy atom. The molecule has 0 aliphatic heterocycles. The Morgan fingerprint density at radius 2 is 1.94 bits per heavy atom. The molecular formula is C12H17NO3. The second kappa shape index (κ2) is 6.00. The van der Waals surface area contributed by atoms with Crippen molar-refractivity contribution >= 4 is 11.7 Å². The SMILES string of the molecule is COC(=O)CNc1ccc(OC(C)C)cc1. The molecule has 0 saturated heterocycles. The Hall–Kier alpha value is -1.71. The van der Waals surface area contributed by atoms with Gasteiger partial charge in [-0.05, 0) is 38.1 Å². The van der Waals surface area contributed by atoms with Gasteiger partial charge in [-0.1, -0.05) is 0 Å². The molecular weight excluding hydrogens is 206 g/mol. The van der Waals surface area contributed by atoms with Gasteiger partial charge in [0.2, 0.25) is 0 Å². The highest BCUT2D eigenvalue weighted by Crippen LogP contribution is 2.16. The fourth-order valence-electron chi connectivity index (χ4n) is 1.17. The van der Waals surface area contributed by atoms with Gasteiger partial charge in [-0.15, -0.1) is 0 Å². The number of esters is 1. The number of anilines is 1. The normalized spacial score (nSPS) is 10.0. The van der Waals surface area contributed by atoms with Crippen molar-refractivity contribution in [3.8, 4) is 5.75 Å². The summed E-state index contributed by atoms with van der Waals surface area (Å²) in [5.74, 6) is 0.529. The number of hydrogen-bond donors (Lipinski definition) is 1. The molecule has 1 aromatic rings. The molecule has 0 amide bonds. The average Bonchev–Trinajstić information content (AvgIpc) is 2.27. The summed E-state index contributed by atoms with van der Waals surface area (Å²) >= 11 is 0. The number of nitrogens with one attached hydrogen (secondary N) is 1. The molecule has 1 aromatic carbocycles. The second-order valence-corrected chi connectivity index (χ2v) is 3.62. The summed E-state index contributed by atoms with van der Waals surface area (Å²) in [7, 11) is 1.36. The van der Waals surface area contributed by atoms with Gasteiger partial charge in [0, 0.05) is 5.69 Å². The predicted octanol–water partition coefficient (Wildman–Crippen LogP) is 2.06. The van der Waals surface area contributed by atoms with Crippen LogP contribution in [-0.2, 0) is 9.53 Å². The Bertz CT molecular complexity index is 333. The van der Waals surface area contributed by atoms with Gasteiger partial charge in [-0.25, -0.2) is 0 Å². The molecule has 0 aliphatic carbocycles. The molecule has 0 bridgehead atoms. The highest BCUT2D eigenvalue weighted by Gasteiger charge is 2.00. The molecule has 0 saturated carbocycles. The zero-order valence-corrected chi connectivity index (χ0v) is 9.82. The third-order valence-electron chi connectivity index (χ3n) is 1.89. The van der Waals surface area contributed by atoms with Crippen LogP contribution >= 0.6 is 0 Å². The maximum Gasteiger partial charge on any atom is 0.325 e. The number of carbonyl (C=O) groups is 1. The standard InChI is InChI=1S/C12H17NO3/c1-9(2)16-11-6-4-10(5-7-11)13-8-12(14)15-3/h4-7,9,13H,8H2,1-3H3. The molecule has 1 rings (SSSR count). The fraction of sp³-hybridized carbons (Fsp3) is 0.417. The topological polar surface area (TPSA) is 47.6 Å². The molecule has 0 radical (unpaired) electrons. The molecule has 0 unspecified atom stereocenters. The molecule has 4 heteroatoms. The third kappa shape index (κ3) is 4.21. The van der Waals surface area contributed by atoms with Gasteiger partial charge in [-0.2, -0.15) is 0 Å². The maximum atomic E-state index is 10.9. The van der Waals surface area contributed by atoms with Crippen molar-refractivity contribution in [3.05, 3.63) is 24.3 Å². The smallest absolute Gasteiger partial charge is 0.325 e. The largest absolute Gasteiger partial charge is 0.491 e. The van der Waals surface area contributed by atoms with E-state index in [2.05, 4.69) is 10.1 Å². The van der Waals surface area contributed by atoms with Crippen LogP contribution in [0.15, 0.2) is 24.3 Å². The lowest BCUT2D eigenvalue weighted by Gasteiger charge is -2.10. The molecule has 16 heavy (non-hydrogen) atoms. The summed E-state index contributed by atoms with van der Waals surface area (Å²) in [6.45, 7) is 4.12. The van der Waals surface area contributed by atoms with E-state index in [0.717, 1.165) is 11.4 Å². The van der Waals surface area contributed by atoms with E-state index in [-0.39, 0.29) is 18.6 Å². The van der Waals surface area contributed by atoms with Crippen molar-refractivity contribution in [3.63, 3.8) is 0 Å². The number of rotatable bonds is 5. The second-order valence-electron chi connectivity index (χ2n) is 3.62. The van der Waals surface area contributed by atoms with E-state index in [1.54, 1.807) is 0 Å². The molecule has 4 nitrogen and oxygen atoms in total. The quantitative estimate of drug-likeness (QED) is 0.776. The van der Waals surface area contributed by atoms with Gasteiger partial charge >= 0.3 is 5.97 Å². The number of methoxy groups -OCH3 is 1. The number of hydrogen-bond acceptors (Lipinski definition) is 4. The van der Waals surface area contributed by atoms with E-state index < -0.39 is 0 Å². The summed E-state index contributed by atoms with van der Waals surface area (Å²) in [5.41, 5.74) is 0.863. The van der Waals surface area contributed by atoms with Crippen LogP contribution in [0.2, 0.25) is 0 Å². The zero-order valence-electron chi connectivity index (χ0n) is 9.82. The van der Waals surface area contributed by atoms with E-state index in [1.807, 2.05) is 38.1 Å². The van der Waals surface area contributed by atoms with Gasteiger partial charge in [0.25, 0.3) is 0 Å². The van der Waals surface area contributed by atoms with Gasteiger partial charge in [0.1, 0.15) is 12.3 Å². The van der Waals surface area contributed by atoms with Crippen molar-refractivity contribution in [1.29, 1.82) is 0 Å². The Morgan fingerprint density at radius 3 is 2.44 bits per heavy atom. The van der Waals surface area contributed by atoms with Crippen molar-refractivity contribution < 1.29 is 14.3 Å². The van der Waals surface area contributed by atoms with Crippen LogP contribution < -0.4 is 10.1 Å². The number of benzene rings is 1. The first-order chi connectivity index (χ1) is 7.61. The van der Waals surface area contributed by atoms with Crippen molar-refractivity contribution in [2.75, 3.05) is 19.0 Å². The Balaban J connectivity index is 2.48. The minimum absolute atomic E-state index is 0.161. The van der Waals surface area contributed by atoms with Crippen LogP contribution in [0.4, 0.5) is 5.69 Å². The summed E-state index contributed by atoms with van der Waals surface area (Å²) in [4.78, 5) is 10.9. The molecule has 1 N–H and O–H groups in total. The molecule has 0 fully saturated rings. The van der Waals surface area contributed by atoms with E-state index in [0.29, 0.717) is 0 Å². The summed E-state index contributed by atoms with van der Waals surface area (Å²) in [6, 6.07) is 7.44. The molecule has 88 valence electrons. The molecule has 0 spiro atoms. The van der Waals surface area contributed by atoms with E-state index in [9.17, 15) is 4.79 Å². The van der Waals surface area contributed by atoms with Crippen molar-refractivity contribution in [2.45, 2.75) is 20.0 Å². The van der Waals surface area contributed by atoms with Gasteiger partial charge in [0.15, 0.2) is 0 Å². The lowest BCUT2D eigenvalue weighted by molar-refractivity contribution is -0.138. The minimum atomic E-state index is -0.289. The number of carbonyl (C=O) groups excluding carboxylic acids is 1. The average molecular weight is 223 g/mol. The van der Waals surface area contributed by atoms with Crippen LogP contribution in [0.5, 0.6) is 5.75 Å². The van der Waals surface area contributed by atoms with E-state index in [1.165, 1.54) is 7.11 Å². The minimum Gasteiger partial charge on any atom is -0.491 e. The molecule has 0 aromatic heterocycles. The lowest BCUT2D eigenvalue weighted by atomic mass is 10.3. The lowest BCUT2D eigenvalue weighted by Crippen LogP contribution is -2.14. The van der Waals surface area contributed by atoms with E-state index >= 15 is 0 Å². The van der Waals surface area contributed by atoms with Crippen molar-refractivity contribution in [1.82, 2.24) is 0 Å². The predicted molar refractivity (Wildman–Crippen MR) is 62.7 cm³/mol. The van der Waals surface area contributed by atoms with E-state index in [4.69, 9.17) is 4.74 Å². The van der Waals surface area contributed by atoms with Crippen molar-refractivity contribution in [2.24, 2.45) is 0 Å². The highest BCUT2D eigenvalue weighted by molar-refractivity contribution is 5.74. The summed E-state index contributed by atoms with van der Waals surface area (Å²) < 4.78 is 10.0. The first-order valence-electron chi connectivity index (χ1n) is 5.19. The van der Waals surface area contributed by atoms with Crippen LogP contribution in [-0.4, -0.2) is 25.7 Å². The summed E-state index contributed by atoms with van der Waals surface area (Å²) in [5, 5.41) is 2.95. The Kier molecular flexibility index (Phi) is 4.64. The van der Waals surface area contributed by atoms with Crippen LogP contribution in [0, 0.1) is 0 Å². The maximum absolute atomic E-state index is 10.9. The van der Waals surface area contributed by atoms with Gasteiger partial charge < -0.3 is 14.8 Å². The summed E-state index contributed by atoms with van der Waals surface area (Å²) in [6.07, 6.45) is 0.161. The molecule has 0 heterocycles. The highest BCUT2D eigenvalue weighted by atomic mass is 16.5. The first-order valence-corrected chi connectivity index (χ1v) is 5.19. The number of ether oxygens (including phenoxy) is 2. The molecule has 0 atom stereocenters. The zero-order chi connectivity index (χ0) is 12.0. The van der Waals surface area contributed by atoms with Gasteiger partial charge in [0.05, 0.1) is 13.2 Å². The fourth-order valence-corrected chi connectivity index (χ4v) is 1.17. The third-order valence-corrected chi connectivity index (χ3v) is 1.89. The Labute approximate surface area is 95.6 Å². The van der Waals surface area contributed by atoms with Crippen LogP contribution in [0.1, 0.15) is 13.8 Å².